The molecule has 0 aliphatic rings. The monoisotopic (exact) mass is 262 g/mol. The molecule has 0 aliphatic heterocycles. The lowest BCUT2D eigenvalue weighted by Crippen LogP contribution is -2.31. The molecule has 0 heterocycles. The Kier molecular flexibility index (Phi) is 4.41. The third-order valence-electron chi connectivity index (χ3n) is 2.18. The van der Waals surface area contributed by atoms with Crippen LogP contribution < -0.4 is 10.1 Å². The Hall–Kier alpha value is -1.92. The topological polar surface area (TPSA) is 41.6 Å². The molecule has 7 heteroatoms. The van der Waals surface area contributed by atoms with Crippen LogP contribution in [0.5, 0.6) is 5.75 Å². The Morgan fingerprint density at radius 2 is 2.00 bits per heavy atom. The van der Waals surface area contributed by atoms with E-state index in [0.29, 0.717) is 6.54 Å². The van der Waals surface area contributed by atoms with Gasteiger partial charge in [-0.1, -0.05) is 12.1 Å². The number of alkyl halides is 3. The van der Waals surface area contributed by atoms with E-state index in [1.54, 1.807) is 6.92 Å². The van der Waals surface area contributed by atoms with Crippen molar-refractivity contribution < 1.29 is 22.7 Å². The number of urea groups is 1. The van der Waals surface area contributed by atoms with Crippen LogP contribution in [0, 0.1) is 0 Å². The predicted molar refractivity (Wildman–Crippen MR) is 60.4 cm³/mol. The molecular weight excluding hydrogens is 249 g/mol. The van der Waals surface area contributed by atoms with Gasteiger partial charge in [-0.15, -0.1) is 13.2 Å². The average molecular weight is 262 g/mol. The van der Waals surface area contributed by atoms with Crippen molar-refractivity contribution in [3.63, 3.8) is 0 Å². The van der Waals surface area contributed by atoms with Gasteiger partial charge in [0.2, 0.25) is 0 Å². The van der Waals surface area contributed by atoms with E-state index in [9.17, 15) is 18.0 Å². The highest BCUT2D eigenvalue weighted by Gasteiger charge is 2.32. The minimum atomic E-state index is -4.79. The predicted octanol–water partition coefficient (Wildman–Crippen LogP) is 3.07. The largest absolute Gasteiger partial charge is 0.573 e. The van der Waals surface area contributed by atoms with Crippen LogP contribution in [-0.2, 0) is 0 Å². The van der Waals surface area contributed by atoms with Gasteiger partial charge in [0.15, 0.2) is 5.75 Å². The first-order chi connectivity index (χ1) is 8.33. The van der Waals surface area contributed by atoms with E-state index in [0.717, 1.165) is 6.07 Å². The van der Waals surface area contributed by atoms with E-state index in [-0.39, 0.29) is 5.69 Å². The van der Waals surface area contributed by atoms with E-state index in [1.807, 2.05) is 0 Å². The van der Waals surface area contributed by atoms with Crippen molar-refractivity contribution in [2.75, 3.05) is 18.9 Å². The summed E-state index contributed by atoms with van der Waals surface area (Å²) in [6.45, 7) is 2.19. The van der Waals surface area contributed by atoms with Gasteiger partial charge >= 0.3 is 12.4 Å². The lowest BCUT2D eigenvalue weighted by atomic mass is 10.3. The maximum absolute atomic E-state index is 12.1. The molecule has 0 aromatic heterocycles. The van der Waals surface area contributed by atoms with Gasteiger partial charge in [0.05, 0.1) is 5.69 Å². The molecule has 0 spiro atoms. The highest BCUT2D eigenvalue weighted by atomic mass is 19.4. The van der Waals surface area contributed by atoms with Gasteiger partial charge in [0, 0.05) is 13.6 Å². The van der Waals surface area contributed by atoms with Gasteiger partial charge in [-0.3, -0.25) is 0 Å². The molecule has 1 aromatic rings. The minimum absolute atomic E-state index is 0.0277. The van der Waals surface area contributed by atoms with Crippen LogP contribution in [-0.4, -0.2) is 30.9 Å². The number of halogens is 3. The second kappa shape index (κ2) is 5.61. The van der Waals surface area contributed by atoms with Crippen LogP contribution in [0.1, 0.15) is 6.92 Å². The lowest BCUT2D eigenvalue weighted by Gasteiger charge is -2.18. The Balaban J connectivity index is 2.86. The van der Waals surface area contributed by atoms with Gasteiger partial charge in [-0.05, 0) is 19.1 Å². The first kappa shape index (κ1) is 14.1. The Bertz CT molecular complexity index is 421. The summed E-state index contributed by atoms with van der Waals surface area (Å²) in [5.41, 5.74) is -0.0277. The molecule has 1 N–H and O–H groups in total. The number of anilines is 1. The highest BCUT2D eigenvalue weighted by Crippen LogP contribution is 2.29. The molecular formula is C11H13F3N2O2. The van der Waals surface area contributed by atoms with Crippen molar-refractivity contribution in [2.45, 2.75) is 13.3 Å². The second-order valence-electron chi connectivity index (χ2n) is 3.49. The number of carbonyl (C=O) groups excluding carboxylic acids is 1. The van der Waals surface area contributed by atoms with Crippen LogP contribution in [0.2, 0.25) is 0 Å². The third-order valence-corrected chi connectivity index (χ3v) is 2.18. The number of rotatable bonds is 3. The van der Waals surface area contributed by atoms with Crippen molar-refractivity contribution in [1.82, 2.24) is 4.90 Å². The number of nitrogens with zero attached hydrogens (tertiary/aromatic N) is 1. The lowest BCUT2D eigenvalue weighted by molar-refractivity contribution is -0.274. The average Bonchev–Trinajstić information content (AvgIpc) is 2.28. The van der Waals surface area contributed by atoms with Gasteiger partial charge in [-0.2, -0.15) is 0 Å². The molecule has 0 saturated carbocycles. The molecule has 18 heavy (non-hydrogen) atoms. The van der Waals surface area contributed by atoms with Crippen LogP contribution in [0.3, 0.4) is 0 Å². The zero-order chi connectivity index (χ0) is 13.8. The summed E-state index contributed by atoms with van der Waals surface area (Å²) in [4.78, 5) is 12.9. The zero-order valence-electron chi connectivity index (χ0n) is 9.91. The molecule has 1 rings (SSSR count). The maximum Gasteiger partial charge on any atom is 0.573 e. The summed E-state index contributed by atoms with van der Waals surface area (Å²) < 4.78 is 40.2. The van der Waals surface area contributed by atoms with Crippen molar-refractivity contribution in [3.8, 4) is 5.75 Å². The number of nitrogens with one attached hydrogen (secondary N) is 1. The fourth-order valence-corrected chi connectivity index (χ4v) is 1.14. The van der Waals surface area contributed by atoms with E-state index in [1.165, 1.54) is 30.1 Å². The van der Waals surface area contributed by atoms with Gasteiger partial charge in [0.1, 0.15) is 0 Å². The normalized spacial score (nSPS) is 10.9. The number of para-hydroxylation sites is 2. The van der Waals surface area contributed by atoms with E-state index < -0.39 is 18.1 Å². The highest BCUT2D eigenvalue weighted by molar-refractivity contribution is 5.90. The third kappa shape index (κ3) is 4.15. The quantitative estimate of drug-likeness (QED) is 0.909. The van der Waals surface area contributed by atoms with Crippen molar-refractivity contribution in [1.29, 1.82) is 0 Å². The number of benzene rings is 1. The first-order valence-corrected chi connectivity index (χ1v) is 5.20. The van der Waals surface area contributed by atoms with Gasteiger partial charge < -0.3 is 15.0 Å². The van der Waals surface area contributed by atoms with Gasteiger partial charge in [0.25, 0.3) is 0 Å². The molecule has 0 bridgehead atoms. The van der Waals surface area contributed by atoms with Crippen molar-refractivity contribution in [3.05, 3.63) is 24.3 Å². The Morgan fingerprint density at radius 3 is 2.56 bits per heavy atom. The molecule has 4 nitrogen and oxygen atoms in total. The fraction of sp³-hybridized carbons (Fsp3) is 0.364. The number of amides is 2. The summed E-state index contributed by atoms with van der Waals surface area (Å²) in [5, 5.41) is 2.35. The second-order valence-corrected chi connectivity index (χ2v) is 3.49. The first-order valence-electron chi connectivity index (χ1n) is 5.20. The smallest absolute Gasteiger partial charge is 0.404 e. The fourth-order valence-electron chi connectivity index (χ4n) is 1.14. The van der Waals surface area contributed by atoms with Crippen LogP contribution >= 0.6 is 0 Å². The molecule has 0 atom stereocenters. The molecule has 0 unspecified atom stereocenters. The van der Waals surface area contributed by atoms with Crippen molar-refractivity contribution >= 4 is 11.7 Å². The van der Waals surface area contributed by atoms with E-state index >= 15 is 0 Å². The molecule has 0 fully saturated rings. The molecule has 2 amide bonds. The molecule has 100 valence electrons. The number of hydrogen-bond donors (Lipinski definition) is 1. The SMILES string of the molecule is CCN(C)C(=O)Nc1ccccc1OC(F)(F)F. The van der Waals surface area contributed by atoms with Crippen LogP contribution in [0.4, 0.5) is 23.7 Å². The van der Waals surface area contributed by atoms with E-state index in [2.05, 4.69) is 10.1 Å². The molecule has 0 aliphatic carbocycles. The molecule has 0 radical (unpaired) electrons. The summed E-state index contributed by atoms with van der Waals surface area (Å²) in [7, 11) is 1.53. The summed E-state index contributed by atoms with van der Waals surface area (Å²) >= 11 is 0. The number of ether oxygens (including phenoxy) is 1. The summed E-state index contributed by atoms with van der Waals surface area (Å²) in [5.74, 6) is -0.442. The maximum atomic E-state index is 12.1. The van der Waals surface area contributed by atoms with Crippen molar-refractivity contribution in [2.24, 2.45) is 0 Å². The van der Waals surface area contributed by atoms with Crippen LogP contribution in [0.25, 0.3) is 0 Å². The zero-order valence-corrected chi connectivity index (χ0v) is 9.91. The summed E-state index contributed by atoms with van der Waals surface area (Å²) in [6, 6.07) is 4.86. The summed E-state index contributed by atoms with van der Waals surface area (Å²) in [6.07, 6.45) is -4.79. The molecule has 0 saturated heterocycles. The van der Waals surface area contributed by atoms with Gasteiger partial charge in [-0.25, -0.2) is 4.79 Å². The minimum Gasteiger partial charge on any atom is -0.404 e. The standard InChI is InChI=1S/C11H13F3N2O2/c1-3-16(2)10(17)15-8-6-4-5-7-9(8)18-11(12,13)14/h4-7H,3H2,1-2H3,(H,15,17). The van der Waals surface area contributed by atoms with Crippen LogP contribution in [0.15, 0.2) is 24.3 Å². The number of hydrogen-bond acceptors (Lipinski definition) is 2. The Labute approximate surface area is 102 Å². The van der Waals surface area contributed by atoms with E-state index in [4.69, 9.17) is 0 Å². The Morgan fingerprint density at radius 1 is 1.39 bits per heavy atom. The number of carbonyl (C=O) groups is 1. The molecule has 1 aromatic carbocycles.